The van der Waals surface area contributed by atoms with Crippen molar-refractivity contribution in [1.82, 2.24) is 15.2 Å². The maximum atomic E-state index is 5.43. The predicted octanol–water partition coefficient (Wildman–Crippen LogP) is 2.09. The highest BCUT2D eigenvalue weighted by atomic mass is 16.5. The molecule has 0 unspecified atom stereocenters. The SMILES string of the molecule is COc1ccc2c3c([nH]c2c1)[C@H](CCN1CCOCC1)NCC3. The van der Waals surface area contributed by atoms with Gasteiger partial charge in [-0.1, -0.05) is 0 Å². The van der Waals surface area contributed by atoms with Gasteiger partial charge in [-0.05, 0) is 37.1 Å². The Bertz CT molecular complexity index is 676. The average molecular weight is 315 g/mol. The number of fused-ring (bicyclic) bond motifs is 3. The second-order valence-corrected chi connectivity index (χ2v) is 6.43. The van der Waals surface area contributed by atoms with Crippen molar-refractivity contribution in [2.45, 2.75) is 18.9 Å². The second-order valence-electron chi connectivity index (χ2n) is 6.43. The van der Waals surface area contributed by atoms with Gasteiger partial charge < -0.3 is 19.8 Å². The number of aromatic nitrogens is 1. The highest BCUT2D eigenvalue weighted by Gasteiger charge is 2.24. The molecule has 3 heterocycles. The molecule has 124 valence electrons. The van der Waals surface area contributed by atoms with Gasteiger partial charge >= 0.3 is 0 Å². The van der Waals surface area contributed by atoms with Crippen LogP contribution in [0.4, 0.5) is 0 Å². The van der Waals surface area contributed by atoms with Gasteiger partial charge in [0.1, 0.15) is 5.75 Å². The topological polar surface area (TPSA) is 49.5 Å². The quantitative estimate of drug-likeness (QED) is 0.907. The Morgan fingerprint density at radius 2 is 2.17 bits per heavy atom. The molecule has 1 fully saturated rings. The Morgan fingerprint density at radius 1 is 1.30 bits per heavy atom. The fourth-order valence-electron chi connectivity index (χ4n) is 3.81. The molecule has 23 heavy (non-hydrogen) atoms. The van der Waals surface area contributed by atoms with E-state index in [1.54, 1.807) is 7.11 Å². The average Bonchev–Trinajstić information content (AvgIpc) is 2.99. The van der Waals surface area contributed by atoms with Crippen LogP contribution >= 0.6 is 0 Å². The molecule has 0 radical (unpaired) electrons. The van der Waals surface area contributed by atoms with E-state index in [2.05, 4.69) is 33.4 Å². The van der Waals surface area contributed by atoms with Gasteiger partial charge in [0, 0.05) is 48.3 Å². The maximum Gasteiger partial charge on any atom is 0.120 e. The molecule has 0 saturated carbocycles. The third-order valence-electron chi connectivity index (χ3n) is 5.10. The van der Waals surface area contributed by atoms with E-state index in [9.17, 15) is 0 Å². The molecule has 2 aliphatic rings. The summed E-state index contributed by atoms with van der Waals surface area (Å²) in [6.07, 6.45) is 2.23. The van der Waals surface area contributed by atoms with Crippen LogP contribution in [0.1, 0.15) is 23.7 Å². The minimum Gasteiger partial charge on any atom is -0.497 e. The van der Waals surface area contributed by atoms with Gasteiger partial charge in [0.2, 0.25) is 0 Å². The van der Waals surface area contributed by atoms with E-state index in [-0.39, 0.29) is 0 Å². The largest absolute Gasteiger partial charge is 0.497 e. The zero-order chi connectivity index (χ0) is 15.6. The number of nitrogens with one attached hydrogen (secondary N) is 2. The number of morpholine rings is 1. The van der Waals surface area contributed by atoms with Crippen LogP contribution in [0.2, 0.25) is 0 Å². The lowest BCUT2D eigenvalue weighted by atomic mass is 9.97. The van der Waals surface area contributed by atoms with E-state index in [1.165, 1.54) is 22.2 Å². The minimum absolute atomic E-state index is 0.417. The fourth-order valence-corrected chi connectivity index (χ4v) is 3.81. The number of methoxy groups -OCH3 is 1. The van der Waals surface area contributed by atoms with Gasteiger partial charge in [-0.3, -0.25) is 4.90 Å². The first kappa shape index (κ1) is 15.0. The number of hydrogen-bond acceptors (Lipinski definition) is 4. The lowest BCUT2D eigenvalue weighted by Crippen LogP contribution is -2.39. The normalized spacial score (nSPS) is 22.2. The Labute approximate surface area is 136 Å². The summed E-state index contributed by atoms with van der Waals surface area (Å²) in [5.41, 5.74) is 4.04. The molecule has 2 N–H and O–H groups in total. The third kappa shape index (κ3) is 2.96. The van der Waals surface area contributed by atoms with Gasteiger partial charge in [-0.15, -0.1) is 0 Å². The first-order valence-corrected chi connectivity index (χ1v) is 8.57. The van der Waals surface area contributed by atoms with Crippen LogP contribution in [0.15, 0.2) is 18.2 Å². The molecule has 0 spiro atoms. The minimum atomic E-state index is 0.417. The molecular formula is C18H25N3O2. The van der Waals surface area contributed by atoms with Gasteiger partial charge in [-0.25, -0.2) is 0 Å². The zero-order valence-electron chi connectivity index (χ0n) is 13.7. The summed E-state index contributed by atoms with van der Waals surface area (Å²) in [5, 5.41) is 5.03. The Hall–Kier alpha value is -1.56. The number of benzene rings is 1. The van der Waals surface area contributed by atoms with Crippen molar-refractivity contribution in [3.63, 3.8) is 0 Å². The third-order valence-corrected chi connectivity index (χ3v) is 5.10. The summed E-state index contributed by atoms with van der Waals surface area (Å²) in [4.78, 5) is 6.15. The molecular weight excluding hydrogens is 290 g/mol. The Morgan fingerprint density at radius 3 is 3.00 bits per heavy atom. The molecule has 2 aliphatic heterocycles. The van der Waals surface area contributed by atoms with E-state index in [1.807, 2.05) is 0 Å². The number of ether oxygens (including phenoxy) is 2. The molecule has 4 rings (SSSR count). The van der Waals surface area contributed by atoms with Gasteiger partial charge in [0.05, 0.1) is 20.3 Å². The monoisotopic (exact) mass is 315 g/mol. The smallest absolute Gasteiger partial charge is 0.120 e. The highest BCUT2D eigenvalue weighted by molar-refractivity contribution is 5.86. The van der Waals surface area contributed by atoms with E-state index < -0.39 is 0 Å². The van der Waals surface area contributed by atoms with Crippen LogP contribution in [-0.2, 0) is 11.2 Å². The van der Waals surface area contributed by atoms with E-state index >= 15 is 0 Å². The van der Waals surface area contributed by atoms with Crippen molar-refractivity contribution in [1.29, 1.82) is 0 Å². The van der Waals surface area contributed by atoms with Crippen LogP contribution in [-0.4, -0.2) is 56.4 Å². The van der Waals surface area contributed by atoms with Crippen LogP contribution in [0.5, 0.6) is 5.75 Å². The van der Waals surface area contributed by atoms with Crippen LogP contribution in [0, 0.1) is 0 Å². The van der Waals surface area contributed by atoms with Crippen LogP contribution in [0.3, 0.4) is 0 Å². The standard InChI is InChI=1S/C18H25N3O2/c1-22-13-2-3-14-15-4-6-19-16(18(15)20-17(14)12-13)5-7-21-8-10-23-11-9-21/h2-3,12,16,19-20H,4-11H2,1H3/t16-/m0/s1. The summed E-state index contributed by atoms with van der Waals surface area (Å²) in [7, 11) is 1.72. The van der Waals surface area contributed by atoms with Crippen LogP contribution < -0.4 is 10.1 Å². The van der Waals surface area contributed by atoms with Gasteiger partial charge in [0.15, 0.2) is 0 Å². The molecule has 1 atom stereocenters. The number of nitrogens with zero attached hydrogens (tertiary/aromatic N) is 1. The summed E-state index contributed by atoms with van der Waals surface area (Å²) in [5.74, 6) is 0.911. The van der Waals surface area contributed by atoms with Crippen molar-refractivity contribution >= 4 is 10.9 Å². The first-order chi connectivity index (χ1) is 11.3. The zero-order valence-corrected chi connectivity index (χ0v) is 13.7. The number of aromatic amines is 1. The van der Waals surface area contributed by atoms with Crippen molar-refractivity contribution in [3.05, 3.63) is 29.5 Å². The van der Waals surface area contributed by atoms with Crippen molar-refractivity contribution in [2.75, 3.05) is 46.5 Å². The van der Waals surface area contributed by atoms with Gasteiger partial charge in [-0.2, -0.15) is 0 Å². The van der Waals surface area contributed by atoms with Gasteiger partial charge in [0.25, 0.3) is 0 Å². The highest BCUT2D eigenvalue weighted by Crippen LogP contribution is 2.33. The van der Waals surface area contributed by atoms with Crippen molar-refractivity contribution in [3.8, 4) is 5.75 Å². The summed E-state index contributed by atoms with van der Waals surface area (Å²) in [6.45, 7) is 6.04. The molecule has 2 aromatic rings. The number of H-pyrrole nitrogens is 1. The molecule has 1 aromatic heterocycles. The molecule has 0 aliphatic carbocycles. The van der Waals surface area contributed by atoms with Crippen molar-refractivity contribution in [2.24, 2.45) is 0 Å². The second kappa shape index (κ2) is 6.51. The lowest BCUT2D eigenvalue weighted by Gasteiger charge is -2.30. The van der Waals surface area contributed by atoms with E-state index in [4.69, 9.17) is 9.47 Å². The molecule has 5 heteroatoms. The van der Waals surface area contributed by atoms with Crippen molar-refractivity contribution < 1.29 is 9.47 Å². The van der Waals surface area contributed by atoms with E-state index in [0.29, 0.717) is 6.04 Å². The molecule has 1 saturated heterocycles. The maximum absolute atomic E-state index is 5.43. The van der Waals surface area contributed by atoms with E-state index in [0.717, 1.165) is 58.0 Å². The number of rotatable bonds is 4. The summed E-state index contributed by atoms with van der Waals surface area (Å²) < 4.78 is 10.8. The van der Waals surface area contributed by atoms with Crippen LogP contribution in [0.25, 0.3) is 10.9 Å². The molecule has 5 nitrogen and oxygen atoms in total. The first-order valence-electron chi connectivity index (χ1n) is 8.57. The summed E-state index contributed by atoms with van der Waals surface area (Å²) >= 11 is 0. The molecule has 0 bridgehead atoms. The predicted molar refractivity (Wildman–Crippen MR) is 91.2 cm³/mol. The number of hydrogen-bond donors (Lipinski definition) is 2. The fraction of sp³-hybridized carbons (Fsp3) is 0.556. The lowest BCUT2D eigenvalue weighted by molar-refractivity contribution is 0.0360. The Kier molecular flexibility index (Phi) is 4.25. The Balaban J connectivity index is 1.55. The summed E-state index contributed by atoms with van der Waals surface area (Å²) in [6, 6.07) is 6.77. The molecule has 1 aromatic carbocycles. The molecule has 0 amide bonds.